The van der Waals surface area contributed by atoms with Crippen LogP contribution in [0.3, 0.4) is 0 Å². The third kappa shape index (κ3) is 2.89. The maximum absolute atomic E-state index is 11.3. The van der Waals surface area contributed by atoms with Gasteiger partial charge in [-0.15, -0.1) is 0 Å². The van der Waals surface area contributed by atoms with E-state index in [1.54, 1.807) is 0 Å². The summed E-state index contributed by atoms with van der Waals surface area (Å²) in [5, 5.41) is 2.87. The van der Waals surface area contributed by atoms with Gasteiger partial charge in [-0.3, -0.25) is 0 Å². The molecule has 1 unspecified atom stereocenters. The molecule has 2 amide bonds. The van der Waals surface area contributed by atoms with Crippen LogP contribution in [0.15, 0.2) is 0 Å². The summed E-state index contributed by atoms with van der Waals surface area (Å²) in [6.07, 6.45) is 0. The summed E-state index contributed by atoms with van der Waals surface area (Å²) in [7, 11) is 0. The van der Waals surface area contributed by atoms with Gasteiger partial charge in [-0.05, 0) is 19.8 Å². The van der Waals surface area contributed by atoms with Crippen molar-refractivity contribution in [3.63, 3.8) is 0 Å². The van der Waals surface area contributed by atoms with Crippen LogP contribution >= 0.6 is 0 Å². The van der Waals surface area contributed by atoms with Crippen LogP contribution in [0, 0.1) is 5.92 Å². The summed E-state index contributed by atoms with van der Waals surface area (Å²) < 4.78 is 0. The minimum Gasteiger partial charge on any atom is -0.336 e. The van der Waals surface area contributed by atoms with E-state index in [0.717, 1.165) is 6.54 Å². The second kappa shape index (κ2) is 5.89. The molecule has 1 rings (SSSR count). The highest BCUT2D eigenvalue weighted by molar-refractivity contribution is 5.77. The third-order valence-electron chi connectivity index (χ3n) is 2.38. The van der Waals surface area contributed by atoms with E-state index in [2.05, 4.69) is 33.0 Å². The van der Waals surface area contributed by atoms with Gasteiger partial charge in [0.2, 0.25) is 0 Å². The van der Waals surface area contributed by atoms with Crippen molar-refractivity contribution in [3.05, 3.63) is 0 Å². The van der Waals surface area contributed by atoms with E-state index in [4.69, 9.17) is 0 Å². The molecule has 1 saturated heterocycles. The van der Waals surface area contributed by atoms with Crippen LogP contribution in [0.2, 0.25) is 0 Å². The number of carbonyl (C=O) groups is 1. The van der Waals surface area contributed by atoms with Crippen molar-refractivity contribution in [1.29, 1.82) is 0 Å². The van der Waals surface area contributed by atoms with Crippen molar-refractivity contribution in [1.82, 2.24) is 10.2 Å². The minimum absolute atomic E-state index is 0.0868. The summed E-state index contributed by atoms with van der Waals surface area (Å²) in [6.45, 7) is 13.2. The molecule has 14 heavy (non-hydrogen) atoms. The van der Waals surface area contributed by atoms with Crippen molar-refractivity contribution < 1.29 is 4.79 Å². The predicted octanol–water partition coefficient (Wildman–Crippen LogP) is 2.47. The number of rotatable bonds is 2. The molecule has 84 valence electrons. The highest BCUT2D eigenvalue weighted by Crippen LogP contribution is 2.17. The van der Waals surface area contributed by atoms with Crippen molar-refractivity contribution in [2.75, 3.05) is 6.54 Å². The van der Waals surface area contributed by atoms with Crippen LogP contribution in [0.25, 0.3) is 0 Å². The Morgan fingerprint density at radius 1 is 1.29 bits per heavy atom. The van der Waals surface area contributed by atoms with E-state index in [1.807, 2.05) is 18.7 Å². The average molecular weight is 200 g/mol. The Labute approximate surface area is 87.9 Å². The maximum Gasteiger partial charge on any atom is 0.318 e. The lowest BCUT2D eigenvalue weighted by molar-refractivity contribution is 0.169. The van der Waals surface area contributed by atoms with Gasteiger partial charge in [0.25, 0.3) is 0 Å². The van der Waals surface area contributed by atoms with Crippen LogP contribution in [0.1, 0.15) is 41.5 Å². The first-order valence-corrected chi connectivity index (χ1v) is 5.60. The molecule has 1 aliphatic rings. The lowest BCUT2D eigenvalue weighted by Crippen LogP contribution is -2.42. The smallest absolute Gasteiger partial charge is 0.318 e. The fourth-order valence-corrected chi connectivity index (χ4v) is 1.71. The molecule has 1 heterocycles. The topological polar surface area (TPSA) is 32.3 Å². The molecular weight excluding hydrogens is 176 g/mol. The van der Waals surface area contributed by atoms with Crippen molar-refractivity contribution in [3.8, 4) is 0 Å². The number of nitrogens with zero attached hydrogens (tertiary/aromatic N) is 1. The van der Waals surface area contributed by atoms with Crippen LogP contribution in [-0.4, -0.2) is 29.6 Å². The summed E-state index contributed by atoms with van der Waals surface area (Å²) >= 11 is 0. The van der Waals surface area contributed by atoms with Gasteiger partial charge < -0.3 is 10.2 Å². The largest absolute Gasteiger partial charge is 0.336 e. The molecule has 0 aromatic carbocycles. The maximum atomic E-state index is 11.3. The molecular formula is C11H24N2O. The summed E-state index contributed by atoms with van der Waals surface area (Å²) in [4.78, 5) is 13.3. The number of nitrogens with one attached hydrogen (secondary N) is 1. The zero-order chi connectivity index (χ0) is 11.3. The van der Waals surface area contributed by atoms with Gasteiger partial charge in [0, 0.05) is 12.6 Å². The van der Waals surface area contributed by atoms with Gasteiger partial charge in [0.1, 0.15) is 0 Å². The van der Waals surface area contributed by atoms with E-state index >= 15 is 0 Å². The molecule has 1 aliphatic heterocycles. The van der Waals surface area contributed by atoms with Gasteiger partial charge in [-0.25, -0.2) is 4.79 Å². The summed E-state index contributed by atoms with van der Waals surface area (Å²) in [6, 6.07) is 0.765. The van der Waals surface area contributed by atoms with Crippen molar-refractivity contribution in [2.24, 2.45) is 5.92 Å². The number of hydrogen-bond acceptors (Lipinski definition) is 1. The highest BCUT2D eigenvalue weighted by atomic mass is 16.2. The van der Waals surface area contributed by atoms with Crippen LogP contribution in [0.4, 0.5) is 4.79 Å². The van der Waals surface area contributed by atoms with Gasteiger partial charge in [-0.2, -0.15) is 0 Å². The highest BCUT2D eigenvalue weighted by Gasteiger charge is 2.33. The lowest BCUT2D eigenvalue weighted by atomic mass is 10.0. The number of urea groups is 1. The Bertz CT molecular complexity index is 178. The molecule has 1 N–H and O–H groups in total. The second-order valence-corrected chi connectivity index (χ2v) is 4.00. The molecule has 3 heteroatoms. The van der Waals surface area contributed by atoms with Crippen LogP contribution in [0.5, 0.6) is 0 Å². The Hall–Kier alpha value is -0.730. The fourth-order valence-electron chi connectivity index (χ4n) is 1.71. The second-order valence-electron chi connectivity index (χ2n) is 4.00. The molecule has 0 radical (unpaired) electrons. The molecule has 0 saturated carbocycles. The molecule has 0 aliphatic carbocycles. The quantitative estimate of drug-likeness (QED) is 0.729. The zero-order valence-electron chi connectivity index (χ0n) is 10.3. The molecule has 0 spiro atoms. The number of amides is 2. The van der Waals surface area contributed by atoms with E-state index in [-0.39, 0.29) is 6.03 Å². The van der Waals surface area contributed by atoms with Gasteiger partial charge in [0.15, 0.2) is 0 Å². The molecule has 1 atom stereocenters. The van der Waals surface area contributed by atoms with E-state index in [1.165, 1.54) is 0 Å². The first kappa shape index (κ1) is 13.3. The van der Waals surface area contributed by atoms with E-state index in [9.17, 15) is 4.79 Å². The Morgan fingerprint density at radius 3 is 2.07 bits per heavy atom. The van der Waals surface area contributed by atoms with Gasteiger partial charge >= 0.3 is 6.03 Å². The van der Waals surface area contributed by atoms with E-state index in [0.29, 0.717) is 18.0 Å². The zero-order valence-corrected chi connectivity index (χ0v) is 10.3. The van der Waals surface area contributed by atoms with Crippen LogP contribution in [-0.2, 0) is 0 Å². The number of hydrogen-bond donors (Lipinski definition) is 1. The predicted molar refractivity (Wildman–Crippen MR) is 60.3 cm³/mol. The molecule has 0 aromatic heterocycles. The minimum atomic E-state index is 0.0868. The third-order valence-corrected chi connectivity index (χ3v) is 2.38. The van der Waals surface area contributed by atoms with Crippen LogP contribution < -0.4 is 5.32 Å². The molecule has 3 nitrogen and oxygen atoms in total. The first-order chi connectivity index (χ1) is 6.54. The fraction of sp³-hybridized carbons (Fsp3) is 0.909. The molecule has 0 aromatic rings. The monoisotopic (exact) mass is 200 g/mol. The lowest BCUT2D eigenvalue weighted by Gasteiger charge is -2.29. The Balaban J connectivity index is 0.000000791. The SMILES string of the molecule is CC.CC(C)C1CNC(=O)N1C(C)C. The Morgan fingerprint density at radius 2 is 1.79 bits per heavy atom. The Kier molecular flexibility index (Phi) is 5.58. The molecule has 0 bridgehead atoms. The summed E-state index contributed by atoms with van der Waals surface area (Å²) in [5.41, 5.74) is 0. The van der Waals surface area contributed by atoms with Crippen molar-refractivity contribution in [2.45, 2.75) is 53.6 Å². The van der Waals surface area contributed by atoms with Gasteiger partial charge in [-0.1, -0.05) is 27.7 Å². The normalized spacial score (nSPS) is 21.0. The van der Waals surface area contributed by atoms with Gasteiger partial charge in [0.05, 0.1) is 6.04 Å². The average Bonchev–Trinajstić information content (AvgIpc) is 2.50. The van der Waals surface area contributed by atoms with E-state index < -0.39 is 0 Å². The number of carbonyl (C=O) groups excluding carboxylic acids is 1. The standard InChI is InChI=1S/C9H18N2O.C2H6/c1-6(2)8-5-10-9(12)11(8)7(3)4;1-2/h6-8H,5H2,1-4H3,(H,10,12);1-2H3. The first-order valence-electron chi connectivity index (χ1n) is 5.60. The summed E-state index contributed by atoms with van der Waals surface area (Å²) in [5.74, 6) is 0.534. The molecule has 1 fully saturated rings. The van der Waals surface area contributed by atoms with Crippen molar-refractivity contribution >= 4 is 6.03 Å².